The Morgan fingerprint density at radius 3 is 2.72 bits per heavy atom. The largest absolute Gasteiger partial charge is 0.383 e. The number of hydrogen-bond donors (Lipinski definition) is 1. The molecule has 0 unspecified atom stereocenters. The van der Waals surface area contributed by atoms with Gasteiger partial charge in [-0.3, -0.25) is 9.48 Å². The first-order valence-corrected chi connectivity index (χ1v) is 8.85. The standard InChI is InChI=1S/C20H27N3O2/c1-14-6-5-7-17(12-14)20(8-9-20)19(24)21-13-18-15(2)22-23(16(18)3)10-11-25-4/h5-7,12H,8-11,13H2,1-4H3,(H,21,24). The molecule has 1 aromatic heterocycles. The van der Waals surface area contributed by atoms with Crippen LogP contribution in [-0.2, 0) is 28.0 Å². The number of carbonyl (C=O) groups is 1. The lowest BCUT2D eigenvalue weighted by molar-refractivity contribution is -0.123. The number of aryl methyl sites for hydroxylation is 2. The monoisotopic (exact) mass is 341 g/mol. The highest BCUT2D eigenvalue weighted by Crippen LogP contribution is 2.48. The van der Waals surface area contributed by atoms with Gasteiger partial charge in [-0.15, -0.1) is 0 Å². The first kappa shape index (κ1) is 17.7. The summed E-state index contributed by atoms with van der Waals surface area (Å²) in [5.74, 6) is 0.126. The van der Waals surface area contributed by atoms with Crippen molar-refractivity contribution in [2.75, 3.05) is 13.7 Å². The molecule has 1 heterocycles. The van der Waals surface area contributed by atoms with E-state index in [1.54, 1.807) is 7.11 Å². The molecule has 25 heavy (non-hydrogen) atoms. The summed E-state index contributed by atoms with van der Waals surface area (Å²) in [5, 5.41) is 7.71. The van der Waals surface area contributed by atoms with Crippen LogP contribution < -0.4 is 5.32 Å². The summed E-state index contributed by atoms with van der Waals surface area (Å²) in [7, 11) is 1.69. The minimum absolute atomic E-state index is 0.126. The highest BCUT2D eigenvalue weighted by atomic mass is 16.5. The van der Waals surface area contributed by atoms with Crippen LogP contribution in [0.1, 0.15) is 40.9 Å². The van der Waals surface area contributed by atoms with E-state index in [0.29, 0.717) is 13.2 Å². The third-order valence-electron chi connectivity index (χ3n) is 5.22. The molecule has 1 fully saturated rings. The first-order chi connectivity index (χ1) is 12.0. The van der Waals surface area contributed by atoms with Crippen molar-refractivity contribution in [2.45, 2.75) is 52.1 Å². The van der Waals surface area contributed by atoms with Crippen LogP contribution in [0.5, 0.6) is 0 Å². The number of rotatable bonds is 7. The van der Waals surface area contributed by atoms with Crippen molar-refractivity contribution < 1.29 is 9.53 Å². The zero-order valence-electron chi connectivity index (χ0n) is 15.6. The van der Waals surface area contributed by atoms with Gasteiger partial charge in [0.25, 0.3) is 0 Å². The second kappa shape index (κ2) is 7.00. The average Bonchev–Trinajstić information content (AvgIpc) is 3.35. The van der Waals surface area contributed by atoms with Crippen molar-refractivity contribution >= 4 is 5.91 Å². The molecule has 134 valence electrons. The lowest BCUT2D eigenvalue weighted by Gasteiger charge is -2.16. The van der Waals surface area contributed by atoms with Gasteiger partial charge in [-0.1, -0.05) is 29.8 Å². The van der Waals surface area contributed by atoms with Gasteiger partial charge >= 0.3 is 0 Å². The van der Waals surface area contributed by atoms with Gasteiger partial charge in [-0.2, -0.15) is 5.10 Å². The maximum Gasteiger partial charge on any atom is 0.230 e. The molecule has 0 bridgehead atoms. The van der Waals surface area contributed by atoms with Gasteiger partial charge < -0.3 is 10.1 Å². The highest BCUT2D eigenvalue weighted by molar-refractivity contribution is 5.91. The fraction of sp³-hybridized carbons (Fsp3) is 0.500. The summed E-state index contributed by atoms with van der Waals surface area (Å²) in [5.41, 5.74) is 5.16. The number of nitrogens with zero attached hydrogens (tertiary/aromatic N) is 2. The van der Waals surface area contributed by atoms with Gasteiger partial charge in [0.15, 0.2) is 0 Å². The lowest BCUT2D eigenvalue weighted by atomic mass is 9.93. The molecule has 0 saturated heterocycles. The van der Waals surface area contributed by atoms with E-state index in [1.165, 1.54) is 5.56 Å². The molecule has 0 spiro atoms. The topological polar surface area (TPSA) is 56.1 Å². The third kappa shape index (κ3) is 3.47. The molecule has 1 aliphatic rings. The van der Waals surface area contributed by atoms with Gasteiger partial charge in [-0.05, 0) is 39.2 Å². The van der Waals surface area contributed by atoms with Crippen LogP contribution in [0.2, 0.25) is 0 Å². The Morgan fingerprint density at radius 1 is 1.32 bits per heavy atom. The minimum Gasteiger partial charge on any atom is -0.383 e. The quantitative estimate of drug-likeness (QED) is 0.842. The van der Waals surface area contributed by atoms with E-state index in [4.69, 9.17) is 4.74 Å². The minimum atomic E-state index is -0.333. The predicted octanol–water partition coefficient (Wildman–Crippen LogP) is 2.80. The summed E-state index contributed by atoms with van der Waals surface area (Å²) in [6.45, 7) is 7.99. The maximum atomic E-state index is 12.9. The van der Waals surface area contributed by atoms with E-state index < -0.39 is 0 Å². The zero-order valence-corrected chi connectivity index (χ0v) is 15.6. The first-order valence-electron chi connectivity index (χ1n) is 8.85. The van der Waals surface area contributed by atoms with Gasteiger partial charge in [-0.25, -0.2) is 0 Å². The SMILES string of the molecule is COCCn1nc(C)c(CNC(=O)C2(c3cccc(C)c3)CC2)c1C. The predicted molar refractivity (Wildman–Crippen MR) is 97.5 cm³/mol. The van der Waals surface area contributed by atoms with E-state index in [2.05, 4.69) is 35.5 Å². The van der Waals surface area contributed by atoms with Crippen molar-refractivity contribution in [3.8, 4) is 0 Å². The van der Waals surface area contributed by atoms with Crippen LogP contribution in [0.4, 0.5) is 0 Å². The molecule has 3 rings (SSSR count). The molecule has 1 saturated carbocycles. The van der Waals surface area contributed by atoms with Gasteiger partial charge in [0.05, 0.1) is 24.3 Å². The number of hydrogen-bond acceptors (Lipinski definition) is 3. The van der Waals surface area contributed by atoms with E-state index in [1.807, 2.05) is 24.6 Å². The Morgan fingerprint density at radius 2 is 2.08 bits per heavy atom. The average molecular weight is 341 g/mol. The van der Waals surface area contributed by atoms with Crippen molar-refractivity contribution in [1.29, 1.82) is 0 Å². The summed E-state index contributed by atoms with van der Waals surface area (Å²) in [6.07, 6.45) is 1.85. The van der Waals surface area contributed by atoms with Crippen molar-refractivity contribution in [2.24, 2.45) is 0 Å². The van der Waals surface area contributed by atoms with Crippen molar-refractivity contribution in [1.82, 2.24) is 15.1 Å². The second-order valence-electron chi connectivity index (χ2n) is 7.00. The van der Waals surface area contributed by atoms with E-state index in [9.17, 15) is 4.79 Å². The highest BCUT2D eigenvalue weighted by Gasteiger charge is 2.51. The van der Waals surface area contributed by atoms with Crippen LogP contribution in [0, 0.1) is 20.8 Å². The summed E-state index contributed by atoms with van der Waals surface area (Å²) in [6, 6.07) is 8.30. The Kier molecular flexibility index (Phi) is 4.95. The van der Waals surface area contributed by atoms with E-state index in [-0.39, 0.29) is 11.3 Å². The second-order valence-corrected chi connectivity index (χ2v) is 7.00. The fourth-order valence-corrected chi connectivity index (χ4v) is 3.44. The molecule has 5 heteroatoms. The normalized spacial score (nSPS) is 15.2. The van der Waals surface area contributed by atoms with Crippen molar-refractivity contribution in [3.63, 3.8) is 0 Å². The molecule has 1 amide bonds. The number of amides is 1. The third-order valence-corrected chi connectivity index (χ3v) is 5.22. The zero-order chi connectivity index (χ0) is 18.0. The number of nitrogens with one attached hydrogen (secondary N) is 1. The van der Waals surface area contributed by atoms with E-state index in [0.717, 1.165) is 41.9 Å². The Hall–Kier alpha value is -2.14. The van der Waals surface area contributed by atoms with Crippen LogP contribution in [-0.4, -0.2) is 29.4 Å². The number of methoxy groups -OCH3 is 1. The van der Waals surface area contributed by atoms with Gasteiger partial charge in [0.2, 0.25) is 5.91 Å². The molecular weight excluding hydrogens is 314 g/mol. The Labute approximate surface area is 149 Å². The number of carbonyl (C=O) groups excluding carboxylic acids is 1. The Bertz CT molecular complexity index is 775. The summed E-state index contributed by atoms with van der Waals surface area (Å²) < 4.78 is 7.08. The molecule has 0 atom stereocenters. The molecule has 5 nitrogen and oxygen atoms in total. The van der Waals surface area contributed by atoms with Crippen molar-refractivity contribution in [3.05, 3.63) is 52.3 Å². The molecule has 2 aromatic rings. The maximum absolute atomic E-state index is 12.9. The van der Waals surface area contributed by atoms with Crippen LogP contribution in [0.15, 0.2) is 24.3 Å². The molecule has 1 aromatic carbocycles. The van der Waals surface area contributed by atoms with Gasteiger partial charge in [0, 0.05) is 24.9 Å². The molecule has 1 N–H and O–H groups in total. The van der Waals surface area contributed by atoms with Crippen LogP contribution >= 0.6 is 0 Å². The number of ether oxygens (including phenoxy) is 1. The van der Waals surface area contributed by atoms with Crippen LogP contribution in [0.3, 0.4) is 0 Å². The molecule has 0 radical (unpaired) electrons. The molecule has 1 aliphatic carbocycles. The Balaban J connectivity index is 1.70. The fourth-order valence-electron chi connectivity index (χ4n) is 3.44. The smallest absolute Gasteiger partial charge is 0.230 e. The van der Waals surface area contributed by atoms with Gasteiger partial charge in [0.1, 0.15) is 0 Å². The molecular formula is C20H27N3O2. The summed E-state index contributed by atoms with van der Waals surface area (Å²) >= 11 is 0. The van der Waals surface area contributed by atoms with E-state index >= 15 is 0 Å². The van der Waals surface area contributed by atoms with Crippen LogP contribution in [0.25, 0.3) is 0 Å². The lowest BCUT2D eigenvalue weighted by Crippen LogP contribution is -2.34. The number of aromatic nitrogens is 2. The molecule has 0 aliphatic heterocycles. The summed E-state index contributed by atoms with van der Waals surface area (Å²) in [4.78, 5) is 12.9. The number of benzene rings is 1.